The highest BCUT2D eigenvalue weighted by Crippen LogP contribution is 2.25. The highest BCUT2D eigenvalue weighted by molar-refractivity contribution is 5.92. The van der Waals surface area contributed by atoms with Gasteiger partial charge in [0.25, 0.3) is 0 Å². The van der Waals surface area contributed by atoms with E-state index in [1.165, 1.54) is 0 Å². The van der Waals surface area contributed by atoms with Gasteiger partial charge in [-0.05, 0) is 31.2 Å². The number of benzene rings is 2. The fourth-order valence-electron chi connectivity index (χ4n) is 1.85. The lowest BCUT2D eigenvalue weighted by molar-refractivity contribution is 0.0118. The Morgan fingerprint density at radius 2 is 1.71 bits per heavy atom. The average Bonchev–Trinajstić information content (AvgIpc) is 2.49. The SMILES string of the molecule is COCC(C)OC(=O)c1ccccc1Oc1ccccc1. The summed E-state index contributed by atoms with van der Waals surface area (Å²) in [5.74, 6) is 0.715. The molecule has 4 nitrogen and oxygen atoms in total. The lowest BCUT2D eigenvalue weighted by atomic mass is 10.2. The van der Waals surface area contributed by atoms with Crippen LogP contribution in [0.3, 0.4) is 0 Å². The number of carbonyl (C=O) groups excluding carboxylic acids is 1. The van der Waals surface area contributed by atoms with E-state index in [-0.39, 0.29) is 6.10 Å². The Balaban J connectivity index is 2.15. The van der Waals surface area contributed by atoms with Crippen LogP contribution in [0, 0.1) is 0 Å². The van der Waals surface area contributed by atoms with Gasteiger partial charge in [-0.2, -0.15) is 0 Å². The predicted molar refractivity (Wildman–Crippen MR) is 79.7 cm³/mol. The van der Waals surface area contributed by atoms with Crippen LogP contribution in [-0.4, -0.2) is 25.8 Å². The highest BCUT2D eigenvalue weighted by atomic mass is 16.6. The second-order valence-corrected chi connectivity index (χ2v) is 4.58. The summed E-state index contributed by atoms with van der Waals surface area (Å²) in [4.78, 5) is 12.2. The Labute approximate surface area is 124 Å². The van der Waals surface area contributed by atoms with Crippen molar-refractivity contribution in [3.05, 3.63) is 60.2 Å². The van der Waals surface area contributed by atoms with Crippen LogP contribution < -0.4 is 4.74 Å². The first-order valence-corrected chi connectivity index (χ1v) is 6.72. The van der Waals surface area contributed by atoms with Crippen LogP contribution in [0.5, 0.6) is 11.5 Å². The first-order valence-electron chi connectivity index (χ1n) is 6.72. The molecule has 0 aliphatic carbocycles. The van der Waals surface area contributed by atoms with Gasteiger partial charge in [0.15, 0.2) is 0 Å². The first kappa shape index (κ1) is 15.1. The fraction of sp³-hybridized carbons (Fsp3) is 0.235. The molecule has 2 aromatic rings. The molecule has 0 aliphatic heterocycles. The molecule has 2 aromatic carbocycles. The maximum Gasteiger partial charge on any atom is 0.342 e. The van der Waals surface area contributed by atoms with E-state index in [1.54, 1.807) is 32.2 Å². The number of hydrogen-bond acceptors (Lipinski definition) is 4. The van der Waals surface area contributed by atoms with E-state index in [2.05, 4.69) is 0 Å². The third-order valence-corrected chi connectivity index (χ3v) is 2.79. The van der Waals surface area contributed by atoms with Crippen LogP contribution in [0.4, 0.5) is 0 Å². The van der Waals surface area contributed by atoms with E-state index in [4.69, 9.17) is 14.2 Å². The van der Waals surface area contributed by atoms with Gasteiger partial charge in [-0.15, -0.1) is 0 Å². The zero-order chi connectivity index (χ0) is 15.1. The molecule has 0 heterocycles. The summed E-state index contributed by atoms with van der Waals surface area (Å²) in [5, 5.41) is 0. The van der Waals surface area contributed by atoms with E-state index in [0.29, 0.717) is 23.7 Å². The van der Waals surface area contributed by atoms with Crippen molar-refractivity contribution in [1.29, 1.82) is 0 Å². The van der Waals surface area contributed by atoms with Gasteiger partial charge in [0.1, 0.15) is 23.2 Å². The fourth-order valence-corrected chi connectivity index (χ4v) is 1.85. The molecule has 110 valence electrons. The number of hydrogen-bond donors (Lipinski definition) is 0. The number of ether oxygens (including phenoxy) is 3. The van der Waals surface area contributed by atoms with Crippen LogP contribution in [0.25, 0.3) is 0 Å². The Hall–Kier alpha value is -2.33. The molecule has 0 spiro atoms. The van der Waals surface area contributed by atoms with Crippen molar-refractivity contribution in [3.8, 4) is 11.5 Å². The third-order valence-electron chi connectivity index (χ3n) is 2.79. The molecule has 0 aliphatic rings. The standard InChI is InChI=1S/C17H18O4/c1-13(12-19-2)20-17(18)15-10-6-7-11-16(15)21-14-8-4-3-5-9-14/h3-11,13H,12H2,1-2H3. The number of esters is 1. The first-order chi connectivity index (χ1) is 10.2. The van der Waals surface area contributed by atoms with Gasteiger partial charge < -0.3 is 14.2 Å². The maximum absolute atomic E-state index is 12.2. The number of rotatable bonds is 6. The second kappa shape index (κ2) is 7.45. The van der Waals surface area contributed by atoms with Crippen LogP contribution in [0.15, 0.2) is 54.6 Å². The predicted octanol–water partition coefficient (Wildman–Crippen LogP) is 3.67. The van der Waals surface area contributed by atoms with Gasteiger partial charge in [0.05, 0.1) is 6.61 Å². The van der Waals surface area contributed by atoms with Gasteiger partial charge in [0, 0.05) is 7.11 Å². The molecule has 0 saturated carbocycles. The normalized spacial score (nSPS) is 11.7. The molecule has 2 rings (SSSR count). The van der Waals surface area contributed by atoms with Crippen molar-refractivity contribution in [2.75, 3.05) is 13.7 Å². The Morgan fingerprint density at radius 1 is 1.05 bits per heavy atom. The molecule has 0 saturated heterocycles. The summed E-state index contributed by atoms with van der Waals surface area (Å²) in [6.45, 7) is 2.13. The molecule has 0 radical (unpaired) electrons. The van der Waals surface area contributed by atoms with Crippen LogP contribution in [0.2, 0.25) is 0 Å². The van der Waals surface area contributed by atoms with Crippen LogP contribution >= 0.6 is 0 Å². The Bertz CT molecular complexity index is 580. The van der Waals surface area contributed by atoms with Crippen LogP contribution in [-0.2, 0) is 9.47 Å². The largest absolute Gasteiger partial charge is 0.457 e. The summed E-state index contributed by atoms with van der Waals surface area (Å²) in [6, 6.07) is 16.3. The van der Waals surface area contributed by atoms with Gasteiger partial charge in [-0.3, -0.25) is 0 Å². The Morgan fingerprint density at radius 3 is 2.43 bits per heavy atom. The zero-order valence-corrected chi connectivity index (χ0v) is 12.1. The number of methoxy groups -OCH3 is 1. The smallest absolute Gasteiger partial charge is 0.342 e. The summed E-state index contributed by atoms with van der Waals surface area (Å²) in [5.41, 5.74) is 0.393. The lowest BCUT2D eigenvalue weighted by Gasteiger charge is -2.14. The van der Waals surface area contributed by atoms with Gasteiger partial charge in [0.2, 0.25) is 0 Å². The minimum Gasteiger partial charge on any atom is -0.457 e. The van der Waals surface area contributed by atoms with E-state index in [1.807, 2.05) is 36.4 Å². The monoisotopic (exact) mass is 286 g/mol. The van der Waals surface area contributed by atoms with Crippen molar-refractivity contribution in [1.82, 2.24) is 0 Å². The number of para-hydroxylation sites is 2. The molecule has 1 unspecified atom stereocenters. The topological polar surface area (TPSA) is 44.8 Å². The highest BCUT2D eigenvalue weighted by Gasteiger charge is 2.16. The molecule has 0 bridgehead atoms. The third kappa shape index (κ3) is 4.33. The minimum absolute atomic E-state index is 0.313. The molecular weight excluding hydrogens is 268 g/mol. The molecule has 0 N–H and O–H groups in total. The van der Waals surface area contributed by atoms with Crippen LogP contribution in [0.1, 0.15) is 17.3 Å². The van der Waals surface area contributed by atoms with Crippen molar-refractivity contribution in [3.63, 3.8) is 0 Å². The second-order valence-electron chi connectivity index (χ2n) is 4.58. The molecular formula is C17H18O4. The van der Waals surface area contributed by atoms with Crippen molar-refractivity contribution in [2.45, 2.75) is 13.0 Å². The molecule has 0 amide bonds. The van der Waals surface area contributed by atoms with Gasteiger partial charge >= 0.3 is 5.97 Å². The molecule has 0 fully saturated rings. The van der Waals surface area contributed by atoms with Crippen molar-refractivity contribution < 1.29 is 19.0 Å². The maximum atomic E-state index is 12.2. The van der Waals surface area contributed by atoms with E-state index in [9.17, 15) is 4.79 Å². The average molecular weight is 286 g/mol. The van der Waals surface area contributed by atoms with Crippen molar-refractivity contribution in [2.24, 2.45) is 0 Å². The summed E-state index contributed by atoms with van der Waals surface area (Å²) in [6.07, 6.45) is -0.313. The molecule has 21 heavy (non-hydrogen) atoms. The van der Waals surface area contributed by atoms with Crippen molar-refractivity contribution >= 4 is 5.97 Å². The quantitative estimate of drug-likeness (QED) is 0.760. The lowest BCUT2D eigenvalue weighted by Crippen LogP contribution is -2.20. The summed E-state index contributed by atoms with van der Waals surface area (Å²) in [7, 11) is 1.57. The van der Waals surface area contributed by atoms with E-state index < -0.39 is 5.97 Å². The molecule has 0 aromatic heterocycles. The molecule has 4 heteroatoms. The molecule has 1 atom stereocenters. The van der Waals surface area contributed by atoms with Gasteiger partial charge in [-0.25, -0.2) is 4.79 Å². The summed E-state index contributed by atoms with van der Waals surface area (Å²) >= 11 is 0. The number of carbonyl (C=O) groups is 1. The van der Waals surface area contributed by atoms with Gasteiger partial charge in [-0.1, -0.05) is 30.3 Å². The van der Waals surface area contributed by atoms with E-state index in [0.717, 1.165) is 0 Å². The van der Waals surface area contributed by atoms with E-state index >= 15 is 0 Å². The zero-order valence-electron chi connectivity index (χ0n) is 12.1. The summed E-state index contributed by atoms with van der Waals surface area (Å²) < 4.78 is 16.0. The minimum atomic E-state index is -0.425. The Kier molecular flexibility index (Phi) is 5.35.